The first-order chi connectivity index (χ1) is 11.0. The summed E-state index contributed by atoms with van der Waals surface area (Å²) in [6.07, 6.45) is -2.69. The van der Waals surface area contributed by atoms with Crippen LogP contribution in [0.5, 0.6) is 0 Å². The van der Waals surface area contributed by atoms with Gasteiger partial charge < -0.3 is 9.88 Å². The number of aromatic nitrogens is 7. The molecule has 1 N–H and O–H groups in total. The number of nitrogens with zero attached hydrogens (tertiary/aromatic N) is 7. The maximum Gasteiger partial charge on any atom is 0.453 e. The van der Waals surface area contributed by atoms with Gasteiger partial charge in [0.15, 0.2) is 11.5 Å². The second-order valence-electron chi connectivity index (χ2n) is 5.15. The van der Waals surface area contributed by atoms with Crippen LogP contribution in [-0.2, 0) is 25.7 Å². The van der Waals surface area contributed by atoms with Crippen molar-refractivity contribution in [1.29, 1.82) is 0 Å². The van der Waals surface area contributed by atoms with E-state index in [1.54, 1.807) is 6.07 Å². The molecule has 0 saturated carbocycles. The molecule has 0 atom stereocenters. The minimum atomic E-state index is -4.61. The molecule has 4 heterocycles. The van der Waals surface area contributed by atoms with Gasteiger partial charge in [0.1, 0.15) is 11.6 Å². The summed E-state index contributed by atoms with van der Waals surface area (Å²) in [6, 6.07) is 2.97. The third-order valence-corrected chi connectivity index (χ3v) is 3.63. The van der Waals surface area contributed by atoms with Crippen LogP contribution in [0.1, 0.15) is 23.9 Å². The average Bonchev–Trinajstić information content (AvgIpc) is 3.19. The quantitative estimate of drug-likeness (QED) is 0.781. The van der Waals surface area contributed by atoms with Crippen LogP contribution < -0.4 is 5.32 Å². The van der Waals surface area contributed by atoms with E-state index in [9.17, 15) is 13.2 Å². The fourth-order valence-corrected chi connectivity index (χ4v) is 2.57. The standard InChI is InChI=1S/C12H11F3N8/c13-12(14,15)11-20-18-9-4-3-7(21-23(9)11)16-6-10-19-17-8-2-1-5-22(8)10/h3-4H,1-2,5-6H2,(H,16,21). The summed E-state index contributed by atoms with van der Waals surface area (Å²) >= 11 is 0. The Balaban J connectivity index is 1.59. The van der Waals surface area contributed by atoms with Crippen LogP contribution in [0.15, 0.2) is 12.1 Å². The number of nitrogens with one attached hydrogen (secondary N) is 1. The van der Waals surface area contributed by atoms with Gasteiger partial charge in [0, 0.05) is 13.0 Å². The second kappa shape index (κ2) is 4.89. The van der Waals surface area contributed by atoms with Crippen molar-refractivity contribution >= 4 is 11.5 Å². The van der Waals surface area contributed by atoms with Gasteiger partial charge in [-0.15, -0.1) is 25.5 Å². The lowest BCUT2D eigenvalue weighted by molar-refractivity contribution is -0.146. The Labute approximate surface area is 127 Å². The van der Waals surface area contributed by atoms with Gasteiger partial charge in [-0.25, -0.2) is 0 Å². The van der Waals surface area contributed by atoms with Crippen LogP contribution in [0.4, 0.5) is 19.0 Å². The van der Waals surface area contributed by atoms with E-state index in [2.05, 4.69) is 30.8 Å². The Morgan fingerprint density at radius 3 is 2.83 bits per heavy atom. The predicted molar refractivity (Wildman–Crippen MR) is 71.5 cm³/mol. The molecule has 4 rings (SSSR count). The Hall–Kier alpha value is -2.72. The Kier molecular flexibility index (Phi) is 2.96. The summed E-state index contributed by atoms with van der Waals surface area (Å²) in [6.45, 7) is 1.18. The molecule has 0 saturated heterocycles. The average molecular weight is 324 g/mol. The molecule has 0 amide bonds. The largest absolute Gasteiger partial charge is 0.453 e. The first-order valence-electron chi connectivity index (χ1n) is 6.97. The summed E-state index contributed by atoms with van der Waals surface area (Å²) in [5.74, 6) is 0.792. The van der Waals surface area contributed by atoms with Gasteiger partial charge in [0.25, 0.3) is 5.82 Å². The van der Waals surface area contributed by atoms with E-state index in [0.29, 0.717) is 11.1 Å². The molecule has 0 unspecified atom stereocenters. The van der Waals surface area contributed by atoms with Gasteiger partial charge in [-0.3, -0.25) is 0 Å². The zero-order chi connectivity index (χ0) is 16.0. The first-order valence-corrected chi connectivity index (χ1v) is 6.97. The summed E-state index contributed by atoms with van der Waals surface area (Å²) < 4.78 is 41.2. The Morgan fingerprint density at radius 2 is 2.00 bits per heavy atom. The van der Waals surface area contributed by atoms with Gasteiger partial charge in [0.05, 0.1) is 6.54 Å². The van der Waals surface area contributed by atoms with Crippen LogP contribution in [0, 0.1) is 0 Å². The smallest absolute Gasteiger partial charge is 0.361 e. The predicted octanol–water partition coefficient (Wildman–Crippen LogP) is 1.29. The van der Waals surface area contributed by atoms with Crippen LogP contribution in [0.3, 0.4) is 0 Å². The van der Waals surface area contributed by atoms with E-state index in [4.69, 9.17) is 0 Å². The van der Waals surface area contributed by atoms with E-state index >= 15 is 0 Å². The van der Waals surface area contributed by atoms with Crippen molar-refractivity contribution in [3.05, 3.63) is 29.6 Å². The van der Waals surface area contributed by atoms with Crippen molar-refractivity contribution in [2.75, 3.05) is 5.32 Å². The molecule has 1 aliphatic rings. The fraction of sp³-hybridized carbons (Fsp3) is 0.417. The lowest BCUT2D eigenvalue weighted by Crippen LogP contribution is -2.14. The maximum atomic E-state index is 12.8. The van der Waals surface area contributed by atoms with Gasteiger partial charge in [0.2, 0.25) is 0 Å². The van der Waals surface area contributed by atoms with Crippen molar-refractivity contribution < 1.29 is 13.2 Å². The molecule has 3 aromatic rings. The first kappa shape index (κ1) is 13.9. The SMILES string of the molecule is FC(F)(F)c1nnc2ccc(NCc3nnc4n3CCC4)nn12. The minimum Gasteiger partial charge on any atom is -0.361 e. The number of hydrogen-bond donors (Lipinski definition) is 1. The number of fused-ring (bicyclic) bond motifs is 2. The van der Waals surface area contributed by atoms with Gasteiger partial charge >= 0.3 is 6.18 Å². The number of alkyl halides is 3. The Morgan fingerprint density at radius 1 is 1.13 bits per heavy atom. The molecular formula is C12H11F3N8. The highest BCUT2D eigenvalue weighted by Gasteiger charge is 2.37. The molecule has 11 heteroatoms. The number of rotatable bonds is 3. The maximum absolute atomic E-state index is 12.8. The molecule has 1 aliphatic heterocycles. The lowest BCUT2D eigenvalue weighted by atomic mass is 10.4. The molecule has 3 aromatic heterocycles. The number of halogens is 3. The number of hydrogen-bond acceptors (Lipinski definition) is 6. The third-order valence-electron chi connectivity index (χ3n) is 3.63. The fourth-order valence-electron chi connectivity index (χ4n) is 2.57. The molecule has 0 aromatic carbocycles. The normalized spacial score (nSPS) is 14.4. The minimum absolute atomic E-state index is 0.0336. The molecule has 0 aliphatic carbocycles. The molecule has 0 fully saturated rings. The molecule has 0 bridgehead atoms. The van der Waals surface area contributed by atoms with Crippen molar-refractivity contribution in [3.8, 4) is 0 Å². The van der Waals surface area contributed by atoms with E-state index in [1.165, 1.54) is 6.07 Å². The van der Waals surface area contributed by atoms with Crippen LogP contribution in [0.2, 0.25) is 0 Å². The lowest BCUT2D eigenvalue weighted by Gasteiger charge is -2.07. The highest BCUT2D eigenvalue weighted by molar-refractivity contribution is 5.44. The van der Waals surface area contributed by atoms with E-state index in [-0.39, 0.29) is 11.5 Å². The van der Waals surface area contributed by atoms with Crippen molar-refractivity contribution in [2.24, 2.45) is 0 Å². The van der Waals surface area contributed by atoms with Crippen molar-refractivity contribution in [2.45, 2.75) is 32.1 Å². The van der Waals surface area contributed by atoms with E-state index in [1.807, 2.05) is 4.57 Å². The molecule has 120 valence electrons. The van der Waals surface area contributed by atoms with Gasteiger partial charge in [-0.2, -0.15) is 17.7 Å². The van der Waals surface area contributed by atoms with Crippen molar-refractivity contribution in [3.63, 3.8) is 0 Å². The zero-order valence-electron chi connectivity index (χ0n) is 11.7. The molecule has 23 heavy (non-hydrogen) atoms. The Bertz CT molecular complexity index is 865. The highest BCUT2D eigenvalue weighted by Crippen LogP contribution is 2.27. The summed E-state index contributed by atoms with van der Waals surface area (Å²) in [4.78, 5) is 0. The van der Waals surface area contributed by atoms with Crippen LogP contribution in [-0.4, -0.2) is 34.6 Å². The summed E-state index contributed by atoms with van der Waals surface area (Å²) in [5, 5.41) is 21.6. The molecule has 0 spiro atoms. The van der Waals surface area contributed by atoms with Gasteiger partial charge in [-0.1, -0.05) is 0 Å². The molecule has 8 nitrogen and oxygen atoms in total. The van der Waals surface area contributed by atoms with E-state index in [0.717, 1.165) is 31.0 Å². The third kappa shape index (κ3) is 2.37. The summed E-state index contributed by atoms with van der Waals surface area (Å²) in [5.41, 5.74) is 0.0336. The molecular weight excluding hydrogens is 313 g/mol. The number of aryl methyl sites for hydroxylation is 1. The van der Waals surface area contributed by atoms with Crippen LogP contribution in [0.25, 0.3) is 5.65 Å². The molecule has 0 radical (unpaired) electrons. The topological polar surface area (TPSA) is 85.8 Å². The van der Waals surface area contributed by atoms with Crippen LogP contribution >= 0.6 is 0 Å². The zero-order valence-corrected chi connectivity index (χ0v) is 11.7. The second-order valence-corrected chi connectivity index (χ2v) is 5.15. The van der Waals surface area contributed by atoms with E-state index < -0.39 is 12.0 Å². The highest BCUT2D eigenvalue weighted by atomic mass is 19.4. The van der Waals surface area contributed by atoms with Gasteiger partial charge in [-0.05, 0) is 18.6 Å². The summed E-state index contributed by atoms with van der Waals surface area (Å²) in [7, 11) is 0. The van der Waals surface area contributed by atoms with Crippen molar-refractivity contribution in [1.82, 2.24) is 34.6 Å². The number of anilines is 1. The monoisotopic (exact) mass is 324 g/mol.